The van der Waals surface area contributed by atoms with Gasteiger partial charge in [0.15, 0.2) is 5.82 Å². The second-order valence-corrected chi connectivity index (χ2v) is 18.5. The first-order valence-electron chi connectivity index (χ1n) is 23.9. The van der Waals surface area contributed by atoms with Crippen molar-refractivity contribution in [2.45, 2.75) is 31.7 Å². The molecule has 0 radical (unpaired) electrons. The third kappa shape index (κ3) is 8.96. The number of nitrogens with one attached hydrogen (secondary N) is 1. The Kier molecular flexibility index (Phi) is 11.9. The number of hydrogen-bond acceptors (Lipinski definition) is 12. The van der Waals surface area contributed by atoms with Gasteiger partial charge in [0.1, 0.15) is 11.9 Å². The molecule has 17 heteroatoms. The highest BCUT2D eigenvalue weighted by molar-refractivity contribution is 6.09. The Morgan fingerprint density at radius 2 is 1.57 bits per heavy atom. The van der Waals surface area contributed by atoms with E-state index in [0.717, 1.165) is 128 Å². The second-order valence-electron chi connectivity index (χ2n) is 18.5. The molecule has 4 saturated heterocycles. The molecule has 69 heavy (non-hydrogen) atoms. The van der Waals surface area contributed by atoms with E-state index in [2.05, 4.69) is 107 Å². The first kappa shape index (κ1) is 43.9. The molecule has 2 aromatic carbocycles. The maximum absolute atomic E-state index is 13.6. The molecule has 11 rings (SSSR count). The van der Waals surface area contributed by atoms with Crippen LogP contribution in [0.3, 0.4) is 0 Å². The van der Waals surface area contributed by atoms with Gasteiger partial charge in [-0.15, -0.1) is 0 Å². The molecule has 4 amide bonds. The number of hydrogen-bond donors (Lipinski definition) is 1. The molecule has 9 heterocycles. The van der Waals surface area contributed by atoms with E-state index in [1.807, 2.05) is 48.7 Å². The van der Waals surface area contributed by atoms with E-state index in [0.29, 0.717) is 43.5 Å². The van der Waals surface area contributed by atoms with Crippen molar-refractivity contribution < 1.29 is 14.4 Å². The zero-order valence-electron chi connectivity index (χ0n) is 38.7. The van der Waals surface area contributed by atoms with Crippen molar-refractivity contribution in [2.75, 3.05) is 93.2 Å². The summed E-state index contributed by atoms with van der Waals surface area (Å²) >= 11 is 0. The van der Waals surface area contributed by atoms with Gasteiger partial charge in [0.2, 0.25) is 11.8 Å². The highest BCUT2D eigenvalue weighted by atomic mass is 16.2. The highest BCUT2D eigenvalue weighted by Gasteiger charge is 2.30. The van der Waals surface area contributed by atoms with Gasteiger partial charge in [-0.3, -0.25) is 39.3 Å². The molecule has 17 nitrogen and oxygen atoms in total. The first-order valence-corrected chi connectivity index (χ1v) is 23.9. The number of anilines is 3. The Hall–Kier alpha value is -7.68. The topological polar surface area (TPSA) is 167 Å². The van der Waals surface area contributed by atoms with Crippen molar-refractivity contribution in [1.82, 2.24) is 49.4 Å². The van der Waals surface area contributed by atoms with Gasteiger partial charge in [0.05, 0.1) is 35.0 Å². The number of imide groups is 1. The van der Waals surface area contributed by atoms with Gasteiger partial charge in [-0.1, -0.05) is 24.3 Å². The molecule has 0 atom stereocenters. The number of aryl methyl sites for hydroxylation is 1. The minimum atomic E-state index is -0.437. The molecule has 0 aliphatic carbocycles. The summed E-state index contributed by atoms with van der Waals surface area (Å²) < 4.78 is 3.61. The number of pyridine rings is 3. The summed E-state index contributed by atoms with van der Waals surface area (Å²) in [5.41, 5.74) is 9.51. The van der Waals surface area contributed by atoms with Gasteiger partial charge in [-0.2, -0.15) is 15.5 Å². The summed E-state index contributed by atoms with van der Waals surface area (Å²) in [5.74, 6) is 1.79. The van der Waals surface area contributed by atoms with Crippen LogP contribution < -0.4 is 20.0 Å². The van der Waals surface area contributed by atoms with E-state index in [1.54, 1.807) is 15.4 Å². The summed E-state index contributed by atoms with van der Waals surface area (Å²) in [6.45, 7) is 9.80. The van der Waals surface area contributed by atoms with Crippen LogP contribution in [0.25, 0.3) is 38.7 Å². The van der Waals surface area contributed by atoms with Crippen molar-refractivity contribution >= 4 is 51.6 Å². The molecule has 0 spiro atoms. The maximum Gasteiger partial charge on any atom is 0.329 e. The van der Waals surface area contributed by atoms with Gasteiger partial charge in [0.25, 0.3) is 0 Å². The average molecular weight is 923 g/mol. The molecule has 7 aromatic rings. The lowest BCUT2D eigenvalue weighted by atomic mass is 9.89. The Morgan fingerprint density at radius 1 is 0.783 bits per heavy atom. The molecule has 4 aliphatic rings. The fraction of sp³-hybridized carbons (Fsp3) is 0.346. The Morgan fingerprint density at radius 3 is 2.29 bits per heavy atom. The third-order valence-electron chi connectivity index (χ3n) is 14.4. The van der Waals surface area contributed by atoms with E-state index in [4.69, 9.17) is 4.98 Å². The highest BCUT2D eigenvalue weighted by Crippen LogP contribution is 2.35. The molecule has 0 unspecified atom stereocenters. The molecular formula is C52H54N14O3. The van der Waals surface area contributed by atoms with Crippen LogP contribution in [0, 0.1) is 11.3 Å². The van der Waals surface area contributed by atoms with Crippen molar-refractivity contribution in [3.05, 3.63) is 120 Å². The quantitative estimate of drug-likeness (QED) is 0.183. The monoisotopic (exact) mass is 922 g/mol. The largest absolute Gasteiger partial charge is 0.368 e. The number of nitrogens with zero attached hydrogens (tertiary/aromatic N) is 13. The molecule has 350 valence electrons. The smallest absolute Gasteiger partial charge is 0.329 e. The molecule has 0 bridgehead atoms. The summed E-state index contributed by atoms with van der Waals surface area (Å²) in [4.78, 5) is 60.2. The number of carbonyl (C=O) groups is 3. The SMILES string of the molecule is Cn1nc(N2CCC(=O)NC2=O)c2ccc(C3CCN(CC(=O)N4CCN(c5ccc(-c6cc(-c7ccc(N8CCN(Cc9ccccn9)CC8)nc7)c7c(C#N)cnn7c6)cc5)CC4)CC3)cc21. The fourth-order valence-corrected chi connectivity index (χ4v) is 10.4. The molecular weight excluding hydrogens is 869 g/mol. The molecule has 5 aromatic heterocycles. The van der Waals surface area contributed by atoms with E-state index < -0.39 is 6.03 Å². The number of nitriles is 1. The maximum atomic E-state index is 13.6. The van der Waals surface area contributed by atoms with Crippen LogP contribution >= 0.6 is 0 Å². The molecule has 1 N–H and O–H groups in total. The second kappa shape index (κ2) is 18.8. The number of piperidine rings is 1. The molecule has 4 fully saturated rings. The number of urea groups is 1. The van der Waals surface area contributed by atoms with Crippen LogP contribution in [-0.2, 0) is 23.2 Å². The van der Waals surface area contributed by atoms with Crippen LogP contribution in [0.4, 0.5) is 22.1 Å². The van der Waals surface area contributed by atoms with E-state index in [1.165, 1.54) is 10.5 Å². The summed E-state index contributed by atoms with van der Waals surface area (Å²) in [5, 5.41) is 22.5. The number of carbonyl (C=O) groups excluding carboxylic acids is 3. The Bertz CT molecular complexity index is 3070. The molecule has 4 aliphatic heterocycles. The van der Waals surface area contributed by atoms with Crippen LogP contribution in [0.1, 0.15) is 42.0 Å². The Balaban J connectivity index is 0.685. The van der Waals surface area contributed by atoms with Crippen molar-refractivity contribution in [3.8, 4) is 28.3 Å². The lowest BCUT2D eigenvalue weighted by molar-refractivity contribution is -0.133. The van der Waals surface area contributed by atoms with Gasteiger partial charge in [0, 0.05) is 125 Å². The fourth-order valence-electron chi connectivity index (χ4n) is 10.4. The Labute approximate surface area is 400 Å². The lowest BCUT2D eigenvalue weighted by Gasteiger charge is -2.38. The summed E-state index contributed by atoms with van der Waals surface area (Å²) in [6, 6.07) is 29.2. The number of aromatic nitrogens is 6. The number of benzene rings is 2. The summed E-state index contributed by atoms with van der Waals surface area (Å²) in [7, 11) is 1.88. The van der Waals surface area contributed by atoms with E-state index in [-0.39, 0.29) is 18.2 Å². The van der Waals surface area contributed by atoms with Gasteiger partial charge >= 0.3 is 6.03 Å². The molecule has 0 saturated carbocycles. The predicted molar refractivity (Wildman–Crippen MR) is 264 cm³/mol. The van der Waals surface area contributed by atoms with Crippen molar-refractivity contribution in [3.63, 3.8) is 0 Å². The van der Waals surface area contributed by atoms with Crippen molar-refractivity contribution in [1.29, 1.82) is 5.26 Å². The van der Waals surface area contributed by atoms with Crippen LogP contribution in [0.5, 0.6) is 0 Å². The number of likely N-dealkylation sites (tertiary alicyclic amines) is 1. The van der Waals surface area contributed by atoms with E-state index in [9.17, 15) is 19.6 Å². The van der Waals surface area contributed by atoms with Gasteiger partial charge < -0.3 is 14.7 Å². The van der Waals surface area contributed by atoms with Crippen molar-refractivity contribution in [2.24, 2.45) is 7.05 Å². The van der Waals surface area contributed by atoms with Gasteiger partial charge in [-0.05, 0) is 97.6 Å². The summed E-state index contributed by atoms with van der Waals surface area (Å²) in [6.07, 6.45) is 9.53. The number of amides is 4. The standard InChI is InChI=1S/C52H54N14O3/c1-59-46-29-38(7-11-44(46)51(58-59)65-19-15-48(67)57-52(65)69)37-13-17-60(18-14-37)35-49(68)64-26-24-62(25-27-64)43-9-5-36(6-10-43)40-28-45(50-41(30-53)32-56-66(50)33-40)39-8-12-47(55-31-39)63-22-20-61(21-23-63)34-42-4-2-3-16-54-42/h2-12,16,28-29,31-33,37H,13-15,17-27,34-35H2,1H3,(H,57,67,69). The first-order chi connectivity index (χ1) is 33.7. The normalized spacial score (nSPS) is 17.7. The van der Waals surface area contributed by atoms with E-state index >= 15 is 0 Å². The number of piperazine rings is 2. The van der Waals surface area contributed by atoms with Crippen LogP contribution in [0.2, 0.25) is 0 Å². The minimum absolute atomic E-state index is 0.181. The van der Waals surface area contributed by atoms with Gasteiger partial charge in [-0.25, -0.2) is 14.3 Å². The number of rotatable bonds is 10. The minimum Gasteiger partial charge on any atom is -0.368 e. The average Bonchev–Trinajstić information content (AvgIpc) is 3.97. The third-order valence-corrected chi connectivity index (χ3v) is 14.4. The zero-order chi connectivity index (χ0) is 47.0. The zero-order valence-corrected chi connectivity index (χ0v) is 38.7. The predicted octanol–water partition coefficient (Wildman–Crippen LogP) is 5.51. The van der Waals surface area contributed by atoms with Crippen LogP contribution in [0.15, 0.2) is 104 Å². The lowest BCUT2D eigenvalue weighted by Crippen LogP contribution is -2.51. The van der Waals surface area contributed by atoms with Crippen LogP contribution in [-0.4, -0.2) is 140 Å². The number of fused-ring (bicyclic) bond motifs is 2.